The lowest BCUT2D eigenvalue weighted by Gasteiger charge is -2.06. The summed E-state index contributed by atoms with van der Waals surface area (Å²) < 4.78 is 5.68. The largest absolute Gasteiger partial charge is 0.438 e. The predicted molar refractivity (Wildman–Crippen MR) is 66.9 cm³/mol. The predicted octanol–water partition coefficient (Wildman–Crippen LogP) is 3.73. The van der Waals surface area contributed by atoms with E-state index in [9.17, 15) is 0 Å². The van der Waals surface area contributed by atoms with Crippen LogP contribution >= 0.6 is 22.9 Å². The van der Waals surface area contributed by atoms with Crippen LogP contribution in [-0.4, -0.2) is 11.5 Å². The standard InChI is InChI=1S/C11H13ClN2OS/c1-3-13-7(2)11-14-6-9(15-11)10-8(12)4-5-16-10/h4-7,13H,3H2,1-2H3. The first kappa shape index (κ1) is 11.6. The van der Waals surface area contributed by atoms with Gasteiger partial charge in [-0.15, -0.1) is 11.3 Å². The summed E-state index contributed by atoms with van der Waals surface area (Å²) in [5.74, 6) is 1.43. The average molecular weight is 257 g/mol. The lowest BCUT2D eigenvalue weighted by molar-refractivity contribution is 0.429. The second-order valence-corrected chi connectivity index (χ2v) is 4.76. The van der Waals surface area contributed by atoms with Gasteiger partial charge in [0.25, 0.3) is 0 Å². The number of rotatable bonds is 4. The summed E-state index contributed by atoms with van der Waals surface area (Å²) in [6.07, 6.45) is 1.72. The number of hydrogen-bond donors (Lipinski definition) is 1. The van der Waals surface area contributed by atoms with Crippen molar-refractivity contribution < 1.29 is 4.42 Å². The molecule has 0 bridgehead atoms. The third-order valence-corrected chi connectivity index (χ3v) is 3.60. The van der Waals surface area contributed by atoms with Crippen molar-refractivity contribution in [1.82, 2.24) is 10.3 Å². The van der Waals surface area contributed by atoms with Gasteiger partial charge in [0, 0.05) is 0 Å². The second kappa shape index (κ2) is 4.99. The van der Waals surface area contributed by atoms with Gasteiger partial charge in [0.1, 0.15) is 0 Å². The molecule has 0 aliphatic heterocycles. The Hall–Kier alpha value is -0.840. The summed E-state index contributed by atoms with van der Waals surface area (Å²) in [5, 5.41) is 5.90. The van der Waals surface area contributed by atoms with Crippen molar-refractivity contribution in [2.45, 2.75) is 19.9 Å². The van der Waals surface area contributed by atoms with Crippen LogP contribution in [0.3, 0.4) is 0 Å². The Labute approximate surface area is 103 Å². The molecule has 2 aromatic heterocycles. The van der Waals surface area contributed by atoms with Crippen LogP contribution in [0, 0.1) is 0 Å². The topological polar surface area (TPSA) is 38.1 Å². The van der Waals surface area contributed by atoms with Crippen LogP contribution in [-0.2, 0) is 0 Å². The SMILES string of the molecule is CCNC(C)c1ncc(-c2sccc2Cl)o1. The van der Waals surface area contributed by atoms with E-state index in [1.165, 1.54) is 0 Å². The van der Waals surface area contributed by atoms with Gasteiger partial charge < -0.3 is 9.73 Å². The molecule has 0 amide bonds. The van der Waals surface area contributed by atoms with Gasteiger partial charge in [-0.25, -0.2) is 4.98 Å². The van der Waals surface area contributed by atoms with E-state index in [0.717, 1.165) is 17.2 Å². The van der Waals surface area contributed by atoms with E-state index >= 15 is 0 Å². The fourth-order valence-corrected chi connectivity index (χ4v) is 2.55. The number of halogens is 1. The average Bonchev–Trinajstić information content (AvgIpc) is 2.86. The molecule has 1 N–H and O–H groups in total. The molecule has 0 saturated carbocycles. The Morgan fingerprint density at radius 1 is 1.62 bits per heavy atom. The van der Waals surface area contributed by atoms with Crippen LogP contribution in [0.1, 0.15) is 25.8 Å². The minimum atomic E-state index is 0.123. The Balaban J connectivity index is 2.23. The Morgan fingerprint density at radius 2 is 2.44 bits per heavy atom. The van der Waals surface area contributed by atoms with Crippen LogP contribution in [0.15, 0.2) is 22.1 Å². The minimum Gasteiger partial charge on any atom is -0.438 e. The second-order valence-electron chi connectivity index (χ2n) is 3.44. The van der Waals surface area contributed by atoms with Crippen molar-refractivity contribution >= 4 is 22.9 Å². The molecule has 0 spiro atoms. The van der Waals surface area contributed by atoms with Gasteiger partial charge >= 0.3 is 0 Å². The molecule has 2 heterocycles. The third kappa shape index (κ3) is 2.29. The molecular formula is C11H13ClN2OS. The molecular weight excluding hydrogens is 244 g/mol. The maximum Gasteiger partial charge on any atom is 0.211 e. The molecule has 1 unspecified atom stereocenters. The molecule has 0 radical (unpaired) electrons. The first-order valence-electron chi connectivity index (χ1n) is 5.14. The highest BCUT2D eigenvalue weighted by atomic mass is 35.5. The van der Waals surface area contributed by atoms with E-state index < -0.39 is 0 Å². The molecule has 2 rings (SSSR count). The van der Waals surface area contributed by atoms with Gasteiger partial charge in [-0.2, -0.15) is 0 Å². The van der Waals surface area contributed by atoms with Crippen LogP contribution in [0.5, 0.6) is 0 Å². The van der Waals surface area contributed by atoms with E-state index in [-0.39, 0.29) is 6.04 Å². The smallest absolute Gasteiger partial charge is 0.211 e. The van der Waals surface area contributed by atoms with Crippen LogP contribution in [0.2, 0.25) is 5.02 Å². The van der Waals surface area contributed by atoms with Gasteiger partial charge in [-0.3, -0.25) is 0 Å². The molecule has 0 aromatic carbocycles. The number of thiophene rings is 1. The number of aromatic nitrogens is 1. The van der Waals surface area contributed by atoms with Crippen LogP contribution < -0.4 is 5.32 Å². The number of hydrogen-bond acceptors (Lipinski definition) is 4. The van der Waals surface area contributed by atoms with Crippen molar-refractivity contribution in [2.75, 3.05) is 6.54 Å². The minimum absolute atomic E-state index is 0.123. The van der Waals surface area contributed by atoms with Crippen molar-refractivity contribution in [3.05, 3.63) is 28.6 Å². The Bertz CT molecular complexity index is 466. The monoisotopic (exact) mass is 256 g/mol. The summed E-state index contributed by atoms with van der Waals surface area (Å²) in [6, 6.07) is 1.98. The Kier molecular flexibility index (Phi) is 3.63. The maximum absolute atomic E-state index is 6.03. The zero-order valence-corrected chi connectivity index (χ0v) is 10.7. The number of oxazole rings is 1. The summed E-state index contributed by atoms with van der Waals surface area (Å²) in [7, 11) is 0. The van der Waals surface area contributed by atoms with E-state index in [1.54, 1.807) is 17.5 Å². The van der Waals surface area contributed by atoms with Gasteiger partial charge in [-0.05, 0) is 24.9 Å². The van der Waals surface area contributed by atoms with E-state index in [0.29, 0.717) is 10.9 Å². The number of nitrogens with one attached hydrogen (secondary N) is 1. The molecule has 0 aliphatic carbocycles. The highest BCUT2D eigenvalue weighted by Gasteiger charge is 2.14. The van der Waals surface area contributed by atoms with Crippen LogP contribution in [0.25, 0.3) is 10.6 Å². The first-order chi connectivity index (χ1) is 7.72. The third-order valence-electron chi connectivity index (χ3n) is 2.25. The summed E-state index contributed by atoms with van der Waals surface area (Å²) in [6.45, 7) is 4.96. The molecule has 16 heavy (non-hydrogen) atoms. The van der Waals surface area contributed by atoms with Crippen molar-refractivity contribution in [3.8, 4) is 10.6 Å². The molecule has 5 heteroatoms. The Morgan fingerprint density at radius 3 is 3.06 bits per heavy atom. The normalized spacial score (nSPS) is 12.9. The number of nitrogens with zero attached hydrogens (tertiary/aromatic N) is 1. The van der Waals surface area contributed by atoms with E-state index in [1.807, 2.05) is 18.4 Å². The van der Waals surface area contributed by atoms with Gasteiger partial charge in [0.05, 0.1) is 22.1 Å². The van der Waals surface area contributed by atoms with Crippen molar-refractivity contribution in [1.29, 1.82) is 0 Å². The van der Waals surface area contributed by atoms with Gasteiger partial charge in [-0.1, -0.05) is 18.5 Å². The molecule has 1 atom stereocenters. The summed E-state index contributed by atoms with van der Waals surface area (Å²) >= 11 is 7.59. The first-order valence-corrected chi connectivity index (χ1v) is 6.40. The molecule has 0 aliphatic rings. The molecule has 86 valence electrons. The fourth-order valence-electron chi connectivity index (χ4n) is 1.46. The lowest BCUT2D eigenvalue weighted by Crippen LogP contribution is -2.17. The molecule has 3 nitrogen and oxygen atoms in total. The maximum atomic E-state index is 6.03. The van der Waals surface area contributed by atoms with Crippen molar-refractivity contribution in [3.63, 3.8) is 0 Å². The molecule has 0 saturated heterocycles. The highest BCUT2D eigenvalue weighted by molar-refractivity contribution is 7.14. The zero-order chi connectivity index (χ0) is 11.5. The zero-order valence-electron chi connectivity index (χ0n) is 9.16. The van der Waals surface area contributed by atoms with Crippen molar-refractivity contribution in [2.24, 2.45) is 0 Å². The highest BCUT2D eigenvalue weighted by Crippen LogP contribution is 2.34. The summed E-state index contributed by atoms with van der Waals surface area (Å²) in [5.41, 5.74) is 0. The quantitative estimate of drug-likeness (QED) is 0.906. The summed E-state index contributed by atoms with van der Waals surface area (Å²) in [4.78, 5) is 5.19. The van der Waals surface area contributed by atoms with E-state index in [2.05, 4.69) is 17.2 Å². The van der Waals surface area contributed by atoms with Gasteiger partial charge in [0.15, 0.2) is 5.76 Å². The fraction of sp³-hybridized carbons (Fsp3) is 0.364. The molecule has 0 fully saturated rings. The van der Waals surface area contributed by atoms with Crippen LogP contribution in [0.4, 0.5) is 0 Å². The lowest BCUT2D eigenvalue weighted by atomic mass is 10.3. The van der Waals surface area contributed by atoms with Gasteiger partial charge in [0.2, 0.25) is 5.89 Å². The molecule has 2 aromatic rings. The van der Waals surface area contributed by atoms with E-state index in [4.69, 9.17) is 16.0 Å².